The number of ether oxygens (including phenoxy) is 1. The lowest BCUT2D eigenvalue weighted by Gasteiger charge is -2.16. The molecule has 0 unspecified atom stereocenters. The van der Waals surface area contributed by atoms with Gasteiger partial charge in [0.1, 0.15) is 18.0 Å². The largest absolute Gasteiger partial charge is 0.487 e. The summed E-state index contributed by atoms with van der Waals surface area (Å²) in [6.07, 6.45) is 1.91. The predicted octanol–water partition coefficient (Wildman–Crippen LogP) is 2.78. The molecule has 1 aliphatic rings. The number of aryl methyl sites for hydroxylation is 1. The van der Waals surface area contributed by atoms with Gasteiger partial charge in [0.25, 0.3) is 0 Å². The maximum atomic E-state index is 5.92. The summed E-state index contributed by atoms with van der Waals surface area (Å²) in [5.74, 6) is 0.893. The SMILES string of the molecule is Cc1cc(N)cn2c3c(nc12)-c1ccccc1OC3. The molecule has 1 aromatic carbocycles. The van der Waals surface area contributed by atoms with Gasteiger partial charge in [-0.1, -0.05) is 12.1 Å². The van der Waals surface area contributed by atoms with E-state index >= 15 is 0 Å². The Hall–Kier alpha value is -2.49. The Morgan fingerprint density at radius 2 is 2.16 bits per heavy atom. The standard InChI is InChI=1S/C15H13N3O/c1-9-6-10(16)7-18-12-8-19-13-5-3-2-4-11(13)14(12)17-15(9)18/h2-7H,8,16H2,1H3. The fraction of sp³-hybridized carbons (Fsp3) is 0.133. The third-order valence-electron chi connectivity index (χ3n) is 3.53. The minimum absolute atomic E-state index is 0.524. The number of fused-ring (bicyclic) bond motifs is 5. The molecule has 0 saturated carbocycles. The molecule has 19 heavy (non-hydrogen) atoms. The van der Waals surface area contributed by atoms with Gasteiger partial charge >= 0.3 is 0 Å². The molecule has 0 radical (unpaired) electrons. The van der Waals surface area contributed by atoms with Gasteiger partial charge in [-0.05, 0) is 30.7 Å². The third-order valence-corrected chi connectivity index (χ3v) is 3.53. The number of benzene rings is 1. The van der Waals surface area contributed by atoms with Crippen LogP contribution < -0.4 is 10.5 Å². The van der Waals surface area contributed by atoms with E-state index < -0.39 is 0 Å². The Balaban J connectivity index is 2.11. The van der Waals surface area contributed by atoms with Crippen LogP contribution in [0.3, 0.4) is 0 Å². The summed E-state index contributed by atoms with van der Waals surface area (Å²) in [6, 6.07) is 9.94. The van der Waals surface area contributed by atoms with E-state index in [0.717, 1.165) is 39.6 Å². The molecule has 2 aromatic heterocycles. The van der Waals surface area contributed by atoms with Crippen LogP contribution in [0, 0.1) is 6.92 Å². The molecule has 0 fully saturated rings. The molecule has 0 bridgehead atoms. The van der Waals surface area contributed by atoms with Crippen molar-refractivity contribution < 1.29 is 4.74 Å². The average molecular weight is 251 g/mol. The topological polar surface area (TPSA) is 52.5 Å². The highest BCUT2D eigenvalue weighted by Crippen LogP contribution is 2.37. The number of para-hydroxylation sites is 1. The number of hydrogen-bond acceptors (Lipinski definition) is 3. The number of hydrogen-bond donors (Lipinski definition) is 1. The van der Waals surface area contributed by atoms with Gasteiger partial charge in [0.2, 0.25) is 0 Å². The lowest BCUT2D eigenvalue weighted by atomic mass is 10.1. The molecule has 0 aliphatic carbocycles. The summed E-state index contributed by atoms with van der Waals surface area (Å²) in [7, 11) is 0. The van der Waals surface area contributed by atoms with Crippen molar-refractivity contribution in [3.8, 4) is 17.0 Å². The summed E-state index contributed by atoms with van der Waals surface area (Å²) in [5, 5.41) is 0. The van der Waals surface area contributed by atoms with Crippen molar-refractivity contribution in [3.63, 3.8) is 0 Å². The summed E-state index contributed by atoms with van der Waals surface area (Å²) in [6.45, 7) is 2.55. The first kappa shape index (κ1) is 10.4. The molecule has 0 atom stereocenters. The second-order valence-electron chi connectivity index (χ2n) is 4.84. The van der Waals surface area contributed by atoms with E-state index in [1.54, 1.807) is 0 Å². The quantitative estimate of drug-likeness (QED) is 0.668. The first-order chi connectivity index (χ1) is 9.24. The maximum absolute atomic E-state index is 5.92. The molecule has 4 heteroatoms. The van der Waals surface area contributed by atoms with Crippen LogP contribution in [0.15, 0.2) is 36.5 Å². The van der Waals surface area contributed by atoms with E-state index in [4.69, 9.17) is 15.5 Å². The van der Waals surface area contributed by atoms with Crippen molar-refractivity contribution in [2.75, 3.05) is 5.73 Å². The minimum atomic E-state index is 0.524. The normalized spacial score (nSPS) is 12.9. The van der Waals surface area contributed by atoms with E-state index in [0.29, 0.717) is 6.61 Å². The minimum Gasteiger partial charge on any atom is -0.487 e. The van der Waals surface area contributed by atoms with Crippen molar-refractivity contribution >= 4 is 11.3 Å². The molecule has 4 rings (SSSR count). The van der Waals surface area contributed by atoms with Crippen molar-refractivity contribution in [2.45, 2.75) is 13.5 Å². The van der Waals surface area contributed by atoms with Crippen molar-refractivity contribution in [2.24, 2.45) is 0 Å². The lowest BCUT2D eigenvalue weighted by Crippen LogP contribution is -2.07. The lowest BCUT2D eigenvalue weighted by molar-refractivity contribution is 0.296. The zero-order chi connectivity index (χ0) is 13.0. The van der Waals surface area contributed by atoms with Crippen LogP contribution in [0.1, 0.15) is 11.3 Å². The first-order valence-electron chi connectivity index (χ1n) is 6.23. The Kier molecular flexibility index (Phi) is 1.93. The van der Waals surface area contributed by atoms with Gasteiger partial charge < -0.3 is 10.5 Å². The molecule has 3 heterocycles. The van der Waals surface area contributed by atoms with Gasteiger partial charge in [-0.25, -0.2) is 4.98 Å². The van der Waals surface area contributed by atoms with Gasteiger partial charge in [0.05, 0.1) is 11.4 Å². The summed E-state index contributed by atoms with van der Waals surface area (Å²) in [4.78, 5) is 4.76. The molecule has 0 spiro atoms. The number of pyridine rings is 1. The zero-order valence-electron chi connectivity index (χ0n) is 10.6. The highest BCUT2D eigenvalue weighted by Gasteiger charge is 2.22. The van der Waals surface area contributed by atoms with E-state index in [9.17, 15) is 0 Å². The monoisotopic (exact) mass is 251 g/mol. The number of anilines is 1. The van der Waals surface area contributed by atoms with Crippen molar-refractivity contribution in [3.05, 3.63) is 47.8 Å². The maximum Gasteiger partial charge on any atom is 0.140 e. The molecule has 3 aromatic rings. The smallest absolute Gasteiger partial charge is 0.140 e. The molecule has 1 aliphatic heterocycles. The molecule has 94 valence electrons. The fourth-order valence-corrected chi connectivity index (χ4v) is 2.67. The van der Waals surface area contributed by atoms with Crippen LogP contribution >= 0.6 is 0 Å². The van der Waals surface area contributed by atoms with Crippen molar-refractivity contribution in [1.29, 1.82) is 0 Å². The van der Waals surface area contributed by atoms with E-state index in [1.165, 1.54) is 0 Å². The number of rotatable bonds is 0. The highest BCUT2D eigenvalue weighted by atomic mass is 16.5. The molecular weight excluding hydrogens is 238 g/mol. The highest BCUT2D eigenvalue weighted by molar-refractivity contribution is 5.75. The average Bonchev–Trinajstić information content (AvgIpc) is 2.78. The Bertz CT molecular complexity index is 805. The number of nitrogen functional groups attached to an aromatic ring is 1. The second kappa shape index (κ2) is 3.51. The molecular formula is C15H13N3O. The summed E-state index contributed by atoms with van der Waals surface area (Å²) >= 11 is 0. The van der Waals surface area contributed by atoms with E-state index in [-0.39, 0.29) is 0 Å². The second-order valence-corrected chi connectivity index (χ2v) is 4.84. The predicted molar refractivity (Wildman–Crippen MR) is 74.1 cm³/mol. The van der Waals surface area contributed by atoms with Gasteiger partial charge in [-0.3, -0.25) is 4.40 Å². The summed E-state index contributed by atoms with van der Waals surface area (Å²) < 4.78 is 7.83. The van der Waals surface area contributed by atoms with Crippen LogP contribution in [0.2, 0.25) is 0 Å². The third kappa shape index (κ3) is 1.37. The first-order valence-corrected chi connectivity index (χ1v) is 6.23. The Morgan fingerprint density at radius 3 is 3.05 bits per heavy atom. The van der Waals surface area contributed by atoms with E-state index in [1.807, 2.05) is 47.9 Å². The number of aromatic nitrogens is 2. The fourth-order valence-electron chi connectivity index (χ4n) is 2.67. The van der Waals surface area contributed by atoms with Crippen LogP contribution in [0.25, 0.3) is 16.9 Å². The van der Waals surface area contributed by atoms with Gasteiger partial charge in [-0.15, -0.1) is 0 Å². The van der Waals surface area contributed by atoms with E-state index in [2.05, 4.69) is 0 Å². The number of imidazole rings is 1. The van der Waals surface area contributed by atoms with Crippen LogP contribution in [0.4, 0.5) is 5.69 Å². The molecule has 2 N–H and O–H groups in total. The van der Waals surface area contributed by atoms with Gasteiger partial charge in [-0.2, -0.15) is 0 Å². The number of nitrogens with zero attached hydrogens (tertiary/aromatic N) is 2. The van der Waals surface area contributed by atoms with Crippen LogP contribution in [0.5, 0.6) is 5.75 Å². The van der Waals surface area contributed by atoms with Gasteiger partial charge in [0.15, 0.2) is 0 Å². The molecule has 4 nitrogen and oxygen atoms in total. The molecule has 0 amide bonds. The van der Waals surface area contributed by atoms with Crippen molar-refractivity contribution in [1.82, 2.24) is 9.38 Å². The Morgan fingerprint density at radius 1 is 1.32 bits per heavy atom. The number of nitrogens with two attached hydrogens (primary N) is 1. The van der Waals surface area contributed by atoms with Gasteiger partial charge in [0, 0.05) is 17.4 Å². The molecule has 0 saturated heterocycles. The van der Waals surface area contributed by atoms with Crippen LogP contribution in [-0.2, 0) is 6.61 Å². The Labute approximate surface area is 110 Å². The summed E-state index contributed by atoms with van der Waals surface area (Å²) in [5.41, 5.74) is 11.8. The van der Waals surface area contributed by atoms with Crippen LogP contribution in [-0.4, -0.2) is 9.38 Å². The zero-order valence-corrected chi connectivity index (χ0v) is 10.6.